The van der Waals surface area contributed by atoms with Crippen molar-refractivity contribution in [1.29, 1.82) is 0 Å². The first-order valence-electron chi connectivity index (χ1n) is 9.07. The highest BCUT2D eigenvalue weighted by Crippen LogP contribution is 2.25. The highest BCUT2D eigenvalue weighted by Gasteiger charge is 2.35. The molecule has 0 bridgehead atoms. The number of aryl methyl sites for hydroxylation is 2. The third-order valence-electron chi connectivity index (χ3n) is 4.82. The summed E-state index contributed by atoms with van der Waals surface area (Å²) in [5.74, 6) is -1.00. The van der Waals surface area contributed by atoms with Crippen molar-refractivity contribution in [3.05, 3.63) is 65.0 Å². The van der Waals surface area contributed by atoms with Crippen molar-refractivity contribution >= 4 is 21.8 Å². The summed E-state index contributed by atoms with van der Waals surface area (Å²) in [7, 11) is -2.68. The van der Waals surface area contributed by atoms with Gasteiger partial charge in [-0.3, -0.25) is 4.79 Å². The van der Waals surface area contributed by atoms with E-state index in [1.165, 1.54) is 32.2 Å². The second-order valence-electron chi connectivity index (χ2n) is 6.83. The molecule has 1 heterocycles. The van der Waals surface area contributed by atoms with Gasteiger partial charge in [0.05, 0.1) is 18.0 Å². The minimum absolute atomic E-state index is 0.0322. The fourth-order valence-electron chi connectivity index (χ4n) is 3.20. The Kier molecular flexibility index (Phi) is 6.81. The van der Waals surface area contributed by atoms with Crippen LogP contribution in [0.15, 0.2) is 41.8 Å². The molecule has 0 aliphatic rings. The molecule has 0 amide bonds. The number of nitrogens with zero attached hydrogens (tertiary/aromatic N) is 1. The van der Waals surface area contributed by atoms with Crippen LogP contribution >= 0.6 is 0 Å². The summed E-state index contributed by atoms with van der Waals surface area (Å²) in [5.41, 5.74) is 2.30. The number of esters is 1. The van der Waals surface area contributed by atoms with Crippen molar-refractivity contribution in [1.82, 2.24) is 9.29 Å². The minimum atomic E-state index is -3.93. The number of benzene rings is 1. The summed E-state index contributed by atoms with van der Waals surface area (Å²) in [6, 6.07) is 5.43. The number of nitrogens with one attached hydrogen (secondary N) is 1. The zero-order valence-electron chi connectivity index (χ0n) is 17.3. The van der Waals surface area contributed by atoms with E-state index in [9.17, 15) is 18.0 Å². The third-order valence-corrected chi connectivity index (χ3v) is 6.77. The Bertz CT molecular complexity index is 1040. The molecule has 0 spiro atoms. The van der Waals surface area contributed by atoms with E-state index in [1.54, 1.807) is 26.0 Å². The van der Waals surface area contributed by atoms with E-state index in [0.29, 0.717) is 11.3 Å². The van der Waals surface area contributed by atoms with Gasteiger partial charge in [0.25, 0.3) is 0 Å². The molecule has 156 valence electrons. The van der Waals surface area contributed by atoms with Crippen LogP contribution in [0.4, 0.5) is 0 Å². The molecule has 1 aromatic heterocycles. The summed E-state index contributed by atoms with van der Waals surface area (Å²) in [4.78, 5) is 28.1. The second-order valence-corrected chi connectivity index (χ2v) is 8.72. The van der Waals surface area contributed by atoms with Crippen molar-refractivity contribution in [2.45, 2.75) is 38.6 Å². The van der Waals surface area contributed by atoms with Crippen LogP contribution in [0.3, 0.4) is 0 Å². The van der Waals surface area contributed by atoms with Crippen molar-refractivity contribution in [2.75, 3.05) is 13.7 Å². The molecule has 0 unspecified atom stereocenters. The number of aromatic nitrogens is 1. The normalized spacial score (nSPS) is 12.6. The van der Waals surface area contributed by atoms with E-state index in [1.807, 2.05) is 6.92 Å². The standard InChI is InChI=1S/C21H26N2O5S/c1-7-12-23(29(26,27)17-10-8-13(2)9-11-17)16(5)20(24)18-14(3)19(21(25)28-6)22-15(18)4/h7-11,16,22H,1,12H2,2-6H3/t16-/m1/s1. The van der Waals surface area contributed by atoms with Crippen LogP contribution in [0.1, 0.15) is 44.6 Å². The molecular weight excluding hydrogens is 392 g/mol. The van der Waals surface area contributed by atoms with Gasteiger partial charge < -0.3 is 9.72 Å². The van der Waals surface area contributed by atoms with Gasteiger partial charge >= 0.3 is 5.97 Å². The van der Waals surface area contributed by atoms with Crippen LogP contribution in [0.5, 0.6) is 0 Å². The second kappa shape index (κ2) is 8.75. The summed E-state index contributed by atoms with van der Waals surface area (Å²) >= 11 is 0. The van der Waals surface area contributed by atoms with E-state index in [4.69, 9.17) is 4.74 Å². The van der Waals surface area contributed by atoms with Crippen molar-refractivity contribution in [3.63, 3.8) is 0 Å². The Balaban J connectivity index is 2.49. The van der Waals surface area contributed by atoms with E-state index in [2.05, 4.69) is 11.6 Å². The minimum Gasteiger partial charge on any atom is -0.464 e. The van der Waals surface area contributed by atoms with Crippen LogP contribution in [0.25, 0.3) is 0 Å². The predicted molar refractivity (Wildman–Crippen MR) is 111 cm³/mol. The maximum absolute atomic E-state index is 13.2. The lowest BCUT2D eigenvalue weighted by atomic mass is 10.0. The number of methoxy groups -OCH3 is 1. The van der Waals surface area contributed by atoms with Gasteiger partial charge in [0, 0.05) is 17.8 Å². The van der Waals surface area contributed by atoms with Crippen LogP contribution in [0, 0.1) is 20.8 Å². The van der Waals surface area contributed by atoms with Crippen molar-refractivity contribution in [3.8, 4) is 0 Å². The maximum atomic E-state index is 13.2. The van der Waals surface area contributed by atoms with Crippen LogP contribution in [-0.4, -0.2) is 49.2 Å². The van der Waals surface area contributed by atoms with Crippen molar-refractivity contribution < 1.29 is 22.7 Å². The molecule has 29 heavy (non-hydrogen) atoms. The number of aromatic amines is 1. The van der Waals surface area contributed by atoms with Gasteiger partial charge in [-0.15, -0.1) is 6.58 Å². The van der Waals surface area contributed by atoms with Gasteiger partial charge in [-0.05, 0) is 45.4 Å². The number of carbonyl (C=O) groups excluding carboxylic acids is 2. The number of sulfonamides is 1. The summed E-state index contributed by atoms with van der Waals surface area (Å²) in [5, 5.41) is 0. The zero-order chi connectivity index (χ0) is 21.9. The topological polar surface area (TPSA) is 96.5 Å². The molecule has 1 atom stereocenters. The molecule has 7 nitrogen and oxygen atoms in total. The molecule has 0 radical (unpaired) electrons. The fraction of sp³-hybridized carbons (Fsp3) is 0.333. The summed E-state index contributed by atoms with van der Waals surface area (Å²) in [6.45, 7) is 10.3. The van der Waals surface area contributed by atoms with Gasteiger partial charge in [0.2, 0.25) is 10.0 Å². The molecule has 8 heteroatoms. The van der Waals surface area contributed by atoms with Crippen molar-refractivity contribution in [2.24, 2.45) is 0 Å². The fourth-order valence-corrected chi connectivity index (χ4v) is 4.77. The van der Waals surface area contributed by atoms with E-state index < -0.39 is 27.8 Å². The van der Waals surface area contributed by atoms with Gasteiger partial charge in [-0.2, -0.15) is 4.31 Å². The molecular formula is C21H26N2O5S. The van der Waals surface area contributed by atoms with Gasteiger partial charge in [0.15, 0.2) is 5.78 Å². The number of ether oxygens (including phenoxy) is 1. The number of H-pyrrole nitrogens is 1. The van der Waals surface area contributed by atoms with Gasteiger partial charge in [-0.25, -0.2) is 13.2 Å². The largest absolute Gasteiger partial charge is 0.464 e. The number of ketones is 1. The summed E-state index contributed by atoms with van der Waals surface area (Å²) < 4.78 is 32.2. The molecule has 1 aromatic carbocycles. The maximum Gasteiger partial charge on any atom is 0.354 e. The summed E-state index contributed by atoms with van der Waals surface area (Å²) in [6.07, 6.45) is 1.44. The Hall–Kier alpha value is -2.71. The Morgan fingerprint density at radius 1 is 1.21 bits per heavy atom. The number of carbonyl (C=O) groups is 2. The first-order chi connectivity index (χ1) is 13.6. The molecule has 0 saturated carbocycles. The van der Waals surface area contributed by atoms with Crippen LogP contribution in [-0.2, 0) is 14.8 Å². The monoisotopic (exact) mass is 418 g/mol. The number of Topliss-reactive ketones (excluding diaryl/α,β-unsaturated/α-hetero) is 1. The average Bonchev–Trinajstić information content (AvgIpc) is 2.98. The predicted octanol–water partition coefficient (Wildman–Crippen LogP) is 3.17. The first-order valence-corrected chi connectivity index (χ1v) is 10.5. The lowest BCUT2D eigenvalue weighted by molar-refractivity contribution is 0.0594. The SMILES string of the molecule is C=CCN([C@H](C)C(=O)c1c(C)[nH]c(C(=O)OC)c1C)S(=O)(=O)c1ccc(C)cc1. The van der Waals surface area contributed by atoms with Crippen LogP contribution in [0.2, 0.25) is 0 Å². The molecule has 1 N–H and O–H groups in total. The number of rotatable bonds is 8. The molecule has 2 aromatic rings. The lowest BCUT2D eigenvalue weighted by Gasteiger charge is -2.26. The van der Waals surface area contributed by atoms with E-state index in [0.717, 1.165) is 9.87 Å². The Labute approximate surface area is 171 Å². The molecule has 0 aliphatic heterocycles. The molecule has 0 aliphatic carbocycles. The highest BCUT2D eigenvalue weighted by molar-refractivity contribution is 7.89. The van der Waals surface area contributed by atoms with E-state index >= 15 is 0 Å². The van der Waals surface area contributed by atoms with Gasteiger partial charge in [-0.1, -0.05) is 23.8 Å². The quantitative estimate of drug-likeness (QED) is 0.403. The third kappa shape index (κ3) is 4.33. The molecule has 0 saturated heterocycles. The average molecular weight is 419 g/mol. The molecule has 2 rings (SSSR count). The lowest BCUT2D eigenvalue weighted by Crippen LogP contribution is -2.43. The Morgan fingerprint density at radius 2 is 1.79 bits per heavy atom. The van der Waals surface area contributed by atoms with Crippen LogP contribution < -0.4 is 0 Å². The Morgan fingerprint density at radius 3 is 2.31 bits per heavy atom. The van der Waals surface area contributed by atoms with E-state index in [-0.39, 0.29) is 22.7 Å². The number of hydrogen-bond acceptors (Lipinski definition) is 5. The number of hydrogen-bond donors (Lipinski definition) is 1. The first kappa shape index (κ1) is 22.6. The molecule has 0 fully saturated rings. The smallest absolute Gasteiger partial charge is 0.354 e. The highest BCUT2D eigenvalue weighted by atomic mass is 32.2. The van der Waals surface area contributed by atoms with Gasteiger partial charge in [0.1, 0.15) is 5.69 Å². The zero-order valence-corrected chi connectivity index (χ0v) is 18.1.